The van der Waals surface area contributed by atoms with Crippen molar-refractivity contribution in [3.8, 4) is 0 Å². The number of aromatic nitrogens is 2. The number of hydrogen-bond donors (Lipinski definition) is 1. The van der Waals surface area contributed by atoms with Gasteiger partial charge in [-0.05, 0) is 37.7 Å². The van der Waals surface area contributed by atoms with E-state index in [1.54, 1.807) is 0 Å². The first-order valence-electron chi connectivity index (χ1n) is 5.43. The molecule has 1 atom stereocenters. The lowest BCUT2D eigenvalue weighted by atomic mass is 10.2. The Morgan fingerprint density at radius 3 is 2.71 bits per heavy atom. The van der Waals surface area contributed by atoms with Crippen molar-refractivity contribution in [1.82, 2.24) is 9.97 Å². The fourth-order valence-electron chi connectivity index (χ4n) is 1.82. The van der Waals surface area contributed by atoms with Crippen LogP contribution in [0.2, 0.25) is 0 Å². The second-order valence-corrected chi connectivity index (χ2v) is 4.48. The molecule has 2 aliphatic carbocycles. The molecule has 3 heteroatoms. The average molecular weight is 189 g/mol. The molecule has 0 aromatic carbocycles. The minimum Gasteiger partial charge on any atom is -0.321 e. The van der Waals surface area contributed by atoms with Gasteiger partial charge in [0.15, 0.2) is 0 Å². The van der Waals surface area contributed by atoms with E-state index in [0.717, 1.165) is 5.82 Å². The molecule has 2 N–H and O–H groups in total. The SMILES string of the molecule is NC(c1nccc(C2CC2)n1)C1CC1. The first-order valence-corrected chi connectivity index (χ1v) is 5.43. The fourth-order valence-corrected chi connectivity index (χ4v) is 1.82. The number of hydrogen-bond acceptors (Lipinski definition) is 3. The van der Waals surface area contributed by atoms with E-state index in [9.17, 15) is 0 Å². The third kappa shape index (κ3) is 1.52. The number of nitrogens with two attached hydrogens (primary N) is 1. The maximum atomic E-state index is 6.06. The van der Waals surface area contributed by atoms with Gasteiger partial charge in [0.25, 0.3) is 0 Å². The van der Waals surface area contributed by atoms with Crippen LogP contribution in [-0.2, 0) is 0 Å². The van der Waals surface area contributed by atoms with Crippen molar-refractivity contribution in [3.63, 3.8) is 0 Å². The van der Waals surface area contributed by atoms with E-state index in [0.29, 0.717) is 11.8 Å². The summed E-state index contributed by atoms with van der Waals surface area (Å²) in [7, 11) is 0. The lowest BCUT2D eigenvalue weighted by molar-refractivity contribution is 0.589. The molecule has 1 heterocycles. The van der Waals surface area contributed by atoms with Crippen LogP contribution in [0.1, 0.15) is 49.2 Å². The molecule has 0 aliphatic heterocycles. The lowest BCUT2D eigenvalue weighted by Crippen LogP contribution is -2.16. The summed E-state index contributed by atoms with van der Waals surface area (Å²) in [4.78, 5) is 8.83. The average Bonchev–Trinajstić information content (AvgIpc) is 3.06. The van der Waals surface area contributed by atoms with Gasteiger partial charge in [-0.1, -0.05) is 0 Å². The molecule has 14 heavy (non-hydrogen) atoms. The topological polar surface area (TPSA) is 51.8 Å². The van der Waals surface area contributed by atoms with Gasteiger partial charge < -0.3 is 5.73 Å². The van der Waals surface area contributed by atoms with Crippen LogP contribution in [-0.4, -0.2) is 9.97 Å². The largest absolute Gasteiger partial charge is 0.321 e. The van der Waals surface area contributed by atoms with Gasteiger partial charge in [-0.2, -0.15) is 0 Å². The van der Waals surface area contributed by atoms with Gasteiger partial charge >= 0.3 is 0 Å². The Kier molecular flexibility index (Phi) is 1.80. The van der Waals surface area contributed by atoms with E-state index in [2.05, 4.69) is 9.97 Å². The molecule has 0 amide bonds. The van der Waals surface area contributed by atoms with Crippen LogP contribution in [0.5, 0.6) is 0 Å². The molecule has 3 nitrogen and oxygen atoms in total. The summed E-state index contributed by atoms with van der Waals surface area (Å²) in [5.74, 6) is 2.20. The van der Waals surface area contributed by atoms with Crippen LogP contribution in [0.25, 0.3) is 0 Å². The highest BCUT2D eigenvalue weighted by molar-refractivity contribution is 5.15. The van der Waals surface area contributed by atoms with E-state index >= 15 is 0 Å². The second kappa shape index (κ2) is 3.02. The Bertz CT molecular complexity index is 342. The number of nitrogens with zero attached hydrogens (tertiary/aromatic N) is 2. The zero-order chi connectivity index (χ0) is 9.54. The molecule has 0 saturated heterocycles. The van der Waals surface area contributed by atoms with Crippen LogP contribution in [0.3, 0.4) is 0 Å². The van der Waals surface area contributed by atoms with Gasteiger partial charge in [0, 0.05) is 17.8 Å². The quantitative estimate of drug-likeness (QED) is 0.788. The van der Waals surface area contributed by atoms with Crippen molar-refractivity contribution in [2.24, 2.45) is 11.7 Å². The molecule has 1 aromatic heterocycles. The van der Waals surface area contributed by atoms with E-state index < -0.39 is 0 Å². The number of rotatable bonds is 3. The van der Waals surface area contributed by atoms with Gasteiger partial charge in [-0.25, -0.2) is 9.97 Å². The van der Waals surface area contributed by atoms with Gasteiger partial charge in [0.05, 0.1) is 6.04 Å². The zero-order valence-corrected chi connectivity index (χ0v) is 8.19. The standard InChI is InChI=1S/C11H15N3/c12-10(8-3-4-8)11-13-6-5-9(14-11)7-1-2-7/h5-8,10H,1-4,12H2. The summed E-state index contributed by atoms with van der Waals surface area (Å²) in [6.07, 6.45) is 6.93. The van der Waals surface area contributed by atoms with Crippen molar-refractivity contribution >= 4 is 0 Å². The van der Waals surface area contributed by atoms with Crippen LogP contribution in [0, 0.1) is 5.92 Å². The van der Waals surface area contributed by atoms with Gasteiger partial charge in [0.1, 0.15) is 5.82 Å². The lowest BCUT2D eigenvalue weighted by Gasteiger charge is -2.09. The second-order valence-electron chi connectivity index (χ2n) is 4.48. The maximum Gasteiger partial charge on any atom is 0.145 e. The molecule has 2 saturated carbocycles. The highest BCUT2D eigenvalue weighted by Crippen LogP contribution is 2.41. The minimum atomic E-state index is 0.0775. The predicted octanol–water partition coefficient (Wildman–Crippen LogP) is 1.76. The third-order valence-electron chi connectivity index (χ3n) is 3.12. The van der Waals surface area contributed by atoms with E-state index in [1.165, 1.54) is 31.4 Å². The summed E-state index contributed by atoms with van der Waals surface area (Å²) < 4.78 is 0. The molecule has 0 spiro atoms. The van der Waals surface area contributed by atoms with Crippen molar-refractivity contribution in [3.05, 3.63) is 23.8 Å². The van der Waals surface area contributed by atoms with Crippen molar-refractivity contribution in [2.75, 3.05) is 0 Å². The van der Waals surface area contributed by atoms with E-state index in [4.69, 9.17) is 5.73 Å². The summed E-state index contributed by atoms with van der Waals surface area (Å²) >= 11 is 0. The Morgan fingerprint density at radius 1 is 1.29 bits per heavy atom. The Morgan fingerprint density at radius 2 is 2.07 bits per heavy atom. The molecule has 74 valence electrons. The molecular formula is C11H15N3. The molecule has 2 fully saturated rings. The van der Waals surface area contributed by atoms with Gasteiger partial charge in [-0.15, -0.1) is 0 Å². The van der Waals surface area contributed by atoms with Crippen LogP contribution in [0.4, 0.5) is 0 Å². The van der Waals surface area contributed by atoms with Crippen molar-refractivity contribution in [2.45, 2.75) is 37.6 Å². The minimum absolute atomic E-state index is 0.0775. The van der Waals surface area contributed by atoms with E-state index in [1.807, 2.05) is 12.3 Å². The monoisotopic (exact) mass is 189 g/mol. The first-order chi connectivity index (χ1) is 6.84. The normalized spacial score (nSPS) is 23.5. The molecule has 0 bridgehead atoms. The predicted molar refractivity (Wildman–Crippen MR) is 53.7 cm³/mol. The van der Waals surface area contributed by atoms with Crippen LogP contribution in [0.15, 0.2) is 12.3 Å². The summed E-state index contributed by atoms with van der Waals surface area (Å²) in [5, 5.41) is 0. The summed E-state index contributed by atoms with van der Waals surface area (Å²) in [5.41, 5.74) is 7.26. The molecule has 0 radical (unpaired) electrons. The van der Waals surface area contributed by atoms with Crippen LogP contribution >= 0.6 is 0 Å². The van der Waals surface area contributed by atoms with Gasteiger partial charge in [0.2, 0.25) is 0 Å². The Hall–Kier alpha value is -0.960. The van der Waals surface area contributed by atoms with Crippen molar-refractivity contribution in [1.29, 1.82) is 0 Å². The maximum absolute atomic E-state index is 6.06. The molecule has 2 aliphatic rings. The molecule has 3 rings (SSSR count). The Labute approximate surface area is 83.8 Å². The fraction of sp³-hybridized carbons (Fsp3) is 0.636. The highest BCUT2D eigenvalue weighted by Gasteiger charge is 2.32. The summed E-state index contributed by atoms with van der Waals surface area (Å²) in [6, 6.07) is 2.11. The molecule has 1 aromatic rings. The van der Waals surface area contributed by atoms with Crippen LogP contribution < -0.4 is 5.73 Å². The molecule has 1 unspecified atom stereocenters. The summed E-state index contributed by atoms with van der Waals surface area (Å²) in [6.45, 7) is 0. The van der Waals surface area contributed by atoms with Crippen molar-refractivity contribution < 1.29 is 0 Å². The highest BCUT2D eigenvalue weighted by atomic mass is 14.9. The smallest absolute Gasteiger partial charge is 0.145 e. The third-order valence-corrected chi connectivity index (χ3v) is 3.12. The molecular weight excluding hydrogens is 174 g/mol. The van der Waals surface area contributed by atoms with E-state index in [-0.39, 0.29) is 6.04 Å². The van der Waals surface area contributed by atoms with Gasteiger partial charge in [-0.3, -0.25) is 0 Å². The zero-order valence-electron chi connectivity index (χ0n) is 8.19. The Balaban J connectivity index is 1.85. The first kappa shape index (κ1) is 8.36.